The van der Waals surface area contributed by atoms with E-state index in [1.165, 1.54) is 0 Å². The monoisotopic (exact) mass is 415 g/mol. The van der Waals surface area contributed by atoms with Gasteiger partial charge in [0.05, 0.1) is 12.1 Å². The number of hydrogen-bond donors (Lipinski definition) is 2. The minimum absolute atomic E-state index is 0.333. The normalized spacial score (nSPS) is 21.5. The van der Waals surface area contributed by atoms with Gasteiger partial charge in [0.25, 0.3) is 0 Å². The second kappa shape index (κ2) is 7.58. The molecule has 0 aliphatic heterocycles. The van der Waals surface area contributed by atoms with Crippen LogP contribution in [0.25, 0.3) is 10.9 Å². The number of aliphatic hydroxyl groups is 1. The van der Waals surface area contributed by atoms with Gasteiger partial charge in [-0.15, -0.1) is 0 Å². The number of anilines is 1. The second-order valence-corrected chi connectivity index (χ2v) is 8.47. The summed E-state index contributed by atoms with van der Waals surface area (Å²) in [5, 5.41) is 8.20. The molecule has 0 saturated heterocycles. The standard InChI is InChI=1S/C24H25F3N2O/c1-22(13-5-8-17-7-2-3-10-19(17)22)15-23(30,24(25,26)27)16-29-21-12-4-11-20-18(21)9-6-14-28-20/h2-4,6-7,9-12,14,29-30H,5,8,13,15-16H2,1H3/i30D. The summed E-state index contributed by atoms with van der Waals surface area (Å²) in [6, 6.07) is 16.5. The summed E-state index contributed by atoms with van der Waals surface area (Å²) >= 11 is 0. The highest BCUT2D eigenvalue weighted by Gasteiger charge is 2.57. The van der Waals surface area contributed by atoms with E-state index in [-0.39, 0.29) is 6.42 Å². The molecule has 0 radical (unpaired) electrons. The lowest BCUT2D eigenvalue weighted by Crippen LogP contribution is -2.54. The van der Waals surface area contributed by atoms with E-state index < -0.39 is 23.7 Å². The smallest absolute Gasteiger partial charge is 0.381 e. The number of fused-ring (bicyclic) bond motifs is 2. The van der Waals surface area contributed by atoms with Crippen LogP contribution in [0.3, 0.4) is 0 Å². The van der Waals surface area contributed by atoms with Crippen LogP contribution < -0.4 is 5.32 Å². The third-order valence-corrected chi connectivity index (χ3v) is 6.24. The molecule has 2 aromatic carbocycles. The zero-order valence-electron chi connectivity index (χ0n) is 17.8. The summed E-state index contributed by atoms with van der Waals surface area (Å²) in [7, 11) is 0. The van der Waals surface area contributed by atoms with Crippen LogP contribution in [0.5, 0.6) is 0 Å². The van der Waals surface area contributed by atoms with Gasteiger partial charge in [0, 0.05) is 17.3 Å². The number of hydrogen-bond acceptors (Lipinski definition) is 3. The maximum atomic E-state index is 14.4. The number of rotatable bonds is 6. The molecule has 2 N–H and O–H groups in total. The number of nitrogens with one attached hydrogen (secondary N) is 1. The van der Waals surface area contributed by atoms with Crippen molar-refractivity contribution in [3.8, 4) is 0 Å². The number of benzene rings is 2. The number of nitrogens with zero attached hydrogens (tertiary/aromatic N) is 1. The van der Waals surface area contributed by atoms with E-state index in [1.54, 1.807) is 36.5 Å². The molecule has 1 heterocycles. The Hall–Kier alpha value is -2.60. The van der Waals surface area contributed by atoms with Crippen molar-refractivity contribution in [1.82, 2.24) is 4.98 Å². The van der Waals surface area contributed by atoms with Crippen molar-refractivity contribution in [3.63, 3.8) is 0 Å². The Morgan fingerprint density at radius 3 is 2.77 bits per heavy atom. The summed E-state index contributed by atoms with van der Waals surface area (Å²) < 4.78 is 50.7. The van der Waals surface area contributed by atoms with Crippen LogP contribution >= 0.6 is 0 Å². The van der Waals surface area contributed by atoms with Gasteiger partial charge in [-0.05, 0) is 66.5 Å². The number of pyridine rings is 1. The molecule has 4 rings (SSSR count). The molecule has 1 aliphatic carbocycles. The third-order valence-electron chi connectivity index (χ3n) is 6.24. The zero-order chi connectivity index (χ0) is 22.1. The highest BCUT2D eigenvalue weighted by atomic mass is 19.4. The fraction of sp³-hybridized carbons (Fsp3) is 0.375. The average molecular weight is 415 g/mol. The Labute approximate surface area is 175 Å². The molecule has 0 amide bonds. The van der Waals surface area contributed by atoms with Crippen molar-refractivity contribution in [2.75, 3.05) is 11.9 Å². The van der Waals surface area contributed by atoms with E-state index in [0.717, 1.165) is 29.4 Å². The number of aryl methyl sites for hydroxylation is 1. The topological polar surface area (TPSA) is 45.1 Å². The first kappa shape index (κ1) is 19.4. The lowest BCUT2D eigenvalue weighted by Gasteiger charge is -2.43. The number of halogens is 3. The molecule has 2 unspecified atom stereocenters. The molecule has 2 atom stereocenters. The first-order valence-electron chi connectivity index (χ1n) is 10.6. The molecule has 1 aliphatic rings. The molecule has 3 aromatic rings. The predicted molar refractivity (Wildman–Crippen MR) is 113 cm³/mol. The van der Waals surface area contributed by atoms with E-state index in [0.29, 0.717) is 17.6 Å². The van der Waals surface area contributed by atoms with Gasteiger partial charge in [-0.2, -0.15) is 13.2 Å². The Balaban J connectivity index is 1.68. The SMILES string of the molecule is [2H]OC(CNc1cccc2ncccc12)(CC1(C)CCCc2ccccc21)C(F)(F)F. The summed E-state index contributed by atoms with van der Waals surface area (Å²) in [6.07, 6.45) is -1.14. The summed E-state index contributed by atoms with van der Waals surface area (Å²) in [4.78, 5) is 4.25. The quantitative estimate of drug-likeness (QED) is 0.549. The minimum Gasteiger partial charge on any atom is -0.381 e. The summed E-state index contributed by atoms with van der Waals surface area (Å²) in [5.74, 6) is 0. The van der Waals surface area contributed by atoms with Gasteiger partial charge in [-0.3, -0.25) is 4.98 Å². The first-order valence-corrected chi connectivity index (χ1v) is 10.2. The molecule has 0 spiro atoms. The molecule has 158 valence electrons. The molecule has 0 fully saturated rings. The van der Waals surface area contributed by atoms with E-state index in [1.807, 2.05) is 31.2 Å². The molecule has 3 nitrogen and oxygen atoms in total. The molecule has 6 heteroatoms. The molecule has 0 bridgehead atoms. The van der Waals surface area contributed by atoms with Gasteiger partial charge in [0.15, 0.2) is 5.60 Å². The maximum absolute atomic E-state index is 14.4. The molecular weight excluding hydrogens is 389 g/mol. The van der Waals surface area contributed by atoms with Crippen molar-refractivity contribution in [2.24, 2.45) is 0 Å². The minimum atomic E-state index is -4.72. The van der Waals surface area contributed by atoms with E-state index in [9.17, 15) is 13.2 Å². The van der Waals surface area contributed by atoms with Crippen LogP contribution in [0.15, 0.2) is 60.8 Å². The Morgan fingerprint density at radius 2 is 1.97 bits per heavy atom. The van der Waals surface area contributed by atoms with E-state index in [4.69, 9.17) is 1.43 Å². The summed E-state index contributed by atoms with van der Waals surface area (Å²) in [6.45, 7) is 1.29. The summed E-state index contributed by atoms with van der Waals surface area (Å²) in [5.41, 5.74) is -0.188. The highest BCUT2D eigenvalue weighted by Crippen LogP contribution is 2.46. The Bertz CT molecular complexity index is 1070. The van der Waals surface area contributed by atoms with Gasteiger partial charge >= 0.3 is 6.18 Å². The average Bonchev–Trinajstić information content (AvgIpc) is 2.76. The molecular formula is C24H25F3N2O. The Morgan fingerprint density at radius 1 is 1.13 bits per heavy atom. The first-order chi connectivity index (χ1) is 14.8. The second-order valence-electron chi connectivity index (χ2n) is 8.47. The van der Waals surface area contributed by atoms with Crippen molar-refractivity contribution in [1.29, 1.82) is 1.43 Å². The molecule has 0 saturated carbocycles. The van der Waals surface area contributed by atoms with Crippen LogP contribution in [-0.2, 0) is 11.8 Å². The van der Waals surface area contributed by atoms with Gasteiger partial charge in [-0.25, -0.2) is 0 Å². The lowest BCUT2D eigenvalue weighted by molar-refractivity contribution is -0.261. The van der Waals surface area contributed by atoms with Crippen LogP contribution in [0, 0.1) is 0 Å². The van der Waals surface area contributed by atoms with Gasteiger partial charge in [-0.1, -0.05) is 37.3 Å². The third kappa shape index (κ3) is 3.76. The van der Waals surface area contributed by atoms with Crippen LogP contribution in [-0.4, -0.2) is 29.8 Å². The lowest BCUT2D eigenvalue weighted by atomic mass is 9.66. The van der Waals surface area contributed by atoms with E-state index in [2.05, 4.69) is 15.4 Å². The number of aromatic nitrogens is 1. The molecule has 1 aromatic heterocycles. The largest absolute Gasteiger partial charge is 0.418 e. The van der Waals surface area contributed by atoms with Crippen molar-refractivity contribution in [2.45, 2.75) is 49.8 Å². The van der Waals surface area contributed by atoms with Gasteiger partial charge in [0.1, 0.15) is 0 Å². The predicted octanol–water partition coefficient (Wildman–Crippen LogP) is 5.62. The zero-order valence-corrected chi connectivity index (χ0v) is 16.8. The van der Waals surface area contributed by atoms with Crippen molar-refractivity contribution in [3.05, 3.63) is 71.9 Å². The maximum Gasteiger partial charge on any atom is 0.418 e. The molecule has 30 heavy (non-hydrogen) atoms. The van der Waals surface area contributed by atoms with Crippen LogP contribution in [0.2, 0.25) is 0 Å². The van der Waals surface area contributed by atoms with Crippen LogP contribution in [0.1, 0.15) is 37.3 Å². The van der Waals surface area contributed by atoms with Gasteiger partial charge in [0.2, 0.25) is 1.43 Å². The van der Waals surface area contributed by atoms with Crippen LogP contribution in [0.4, 0.5) is 18.9 Å². The van der Waals surface area contributed by atoms with Gasteiger partial charge < -0.3 is 10.4 Å². The fourth-order valence-electron chi connectivity index (χ4n) is 4.70. The van der Waals surface area contributed by atoms with Crippen molar-refractivity contribution >= 4 is 16.6 Å². The fourth-order valence-corrected chi connectivity index (χ4v) is 4.70. The Kier molecular flexibility index (Phi) is 4.89. The van der Waals surface area contributed by atoms with Crippen molar-refractivity contribution < 1.29 is 18.3 Å². The number of alkyl halides is 3. The highest BCUT2D eigenvalue weighted by molar-refractivity contribution is 5.91. The van der Waals surface area contributed by atoms with E-state index >= 15 is 0 Å².